The highest BCUT2D eigenvalue weighted by Gasteiger charge is 2.33. The second-order valence-electron chi connectivity index (χ2n) is 8.56. The van der Waals surface area contributed by atoms with Crippen molar-refractivity contribution in [2.75, 3.05) is 0 Å². The van der Waals surface area contributed by atoms with Crippen LogP contribution in [0.4, 0.5) is 0 Å². The molecule has 0 fully saturated rings. The number of amides is 1. The predicted octanol–water partition coefficient (Wildman–Crippen LogP) is 3.29. The molecule has 0 spiro atoms. The number of dihydropyridines is 1. The Labute approximate surface area is 161 Å². The van der Waals surface area contributed by atoms with Crippen molar-refractivity contribution in [2.24, 2.45) is 0 Å². The number of allylic oxidation sites excluding steroid dienone is 2. The number of hydrogen-bond acceptors (Lipinski definition) is 4. The first-order valence-corrected chi connectivity index (χ1v) is 9.35. The molecule has 0 saturated heterocycles. The zero-order chi connectivity index (χ0) is 19.7. The second-order valence-corrected chi connectivity index (χ2v) is 8.56. The van der Waals surface area contributed by atoms with Crippen LogP contribution in [0.5, 0.6) is 0 Å². The van der Waals surface area contributed by atoms with Crippen molar-refractivity contribution in [1.82, 2.24) is 15.7 Å². The van der Waals surface area contributed by atoms with Crippen molar-refractivity contribution in [3.05, 3.63) is 71.5 Å². The fraction of sp³-hybridized carbons (Fsp3) is 0.409. The van der Waals surface area contributed by atoms with Gasteiger partial charge in [-0.2, -0.15) is 0 Å². The number of hydrogen-bond donors (Lipinski definition) is 3. The van der Waals surface area contributed by atoms with Crippen molar-refractivity contribution in [3.8, 4) is 0 Å². The molecular weight excluding hydrogens is 338 g/mol. The highest BCUT2D eigenvalue weighted by atomic mass is 16.5. The van der Waals surface area contributed by atoms with Crippen LogP contribution in [-0.4, -0.2) is 33.3 Å². The number of nitrogens with zero attached hydrogens (tertiary/aromatic N) is 1. The molecule has 144 valence electrons. The van der Waals surface area contributed by atoms with Gasteiger partial charge >= 0.3 is 0 Å². The lowest BCUT2D eigenvalue weighted by molar-refractivity contribution is -0.168. The molecule has 1 amide bonds. The Bertz CT molecular complexity index is 791. The number of carbonyl (C=O) groups excluding carboxylic acids is 1. The summed E-state index contributed by atoms with van der Waals surface area (Å²) in [7, 11) is 0. The van der Waals surface area contributed by atoms with Crippen LogP contribution in [0.25, 0.3) is 0 Å². The highest BCUT2D eigenvalue weighted by Crippen LogP contribution is 2.32. The van der Waals surface area contributed by atoms with Crippen LogP contribution >= 0.6 is 0 Å². The maximum Gasteiger partial charge on any atom is 0.272 e. The van der Waals surface area contributed by atoms with E-state index in [-0.39, 0.29) is 23.5 Å². The maximum absolute atomic E-state index is 12.7. The van der Waals surface area contributed by atoms with E-state index in [0.29, 0.717) is 0 Å². The van der Waals surface area contributed by atoms with Gasteiger partial charge in [-0.1, -0.05) is 36.4 Å². The van der Waals surface area contributed by atoms with E-state index in [1.165, 1.54) is 5.57 Å². The van der Waals surface area contributed by atoms with Crippen LogP contribution in [-0.2, 0) is 11.3 Å². The van der Waals surface area contributed by atoms with Gasteiger partial charge in [0, 0.05) is 11.1 Å². The first-order chi connectivity index (χ1) is 12.7. The average Bonchev–Trinajstić information content (AvgIpc) is 2.59. The average molecular weight is 367 g/mol. The van der Waals surface area contributed by atoms with Crippen LogP contribution in [0.3, 0.4) is 0 Å². The van der Waals surface area contributed by atoms with E-state index in [0.717, 1.165) is 22.6 Å². The molecular formula is C22H29N3O2. The minimum absolute atomic E-state index is 0.0248. The Morgan fingerprint density at radius 2 is 1.93 bits per heavy atom. The highest BCUT2D eigenvalue weighted by molar-refractivity contribution is 5.84. The van der Waals surface area contributed by atoms with Gasteiger partial charge in [0.1, 0.15) is 6.04 Å². The van der Waals surface area contributed by atoms with E-state index >= 15 is 0 Å². The first-order valence-electron chi connectivity index (χ1n) is 9.35. The van der Waals surface area contributed by atoms with E-state index in [1.807, 2.05) is 42.5 Å². The van der Waals surface area contributed by atoms with Crippen molar-refractivity contribution < 1.29 is 10.0 Å². The molecule has 2 heterocycles. The zero-order valence-corrected chi connectivity index (χ0v) is 16.5. The summed E-state index contributed by atoms with van der Waals surface area (Å²) in [6, 6.07) is 8.87. The summed E-state index contributed by atoms with van der Waals surface area (Å²) >= 11 is 0. The Balaban J connectivity index is 1.76. The first kappa shape index (κ1) is 19.4. The summed E-state index contributed by atoms with van der Waals surface area (Å²) in [5, 5.41) is 17.7. The summed E-state index contributed by atoms with van der Waals surface area (Å²) in [6.07, 6.45) is 8.78. The Kier molecular flexibility index (Phi) is 5.27. The minimum Gasteiger partial charge on any atom is -0.376 e. The predicted molar refractivity (Wildman–Crippen MR) is 107 cm³/mol. The molecule has 2 aliphatic heterocycles. The number of carbonyl (C=O) groups is 1. The summed E-state index contributed by atoms with van der Waals surface area (Å²) in [6.45, 7) is 8.84. The molecule has 0 aliphatic carbocycles. The van der Waals surface area contributed by atoms with Gasteiger partial charge in [0.15, 0.2) is 0 Å². The molecule has 1 aromatic rings. The van der Waals surface area contributed by atoms with Crippen LogP contribution in [0.2, 0.25) is 0 Å². The second kappa shape index (κ2) is 7.33. The summed E-state index contributed by atoms with van der Waals surface area (Å²) in [5.74, 6) is -0.367. The lowest BCUT2D eigenvalue weighted by Crippen LogP contribution is -2.54. The number of benzene rings is 1. The molecule has 1 atom stereocenters. The van der Waals surface area contributed by atoms with Crippen molar-refractivity contribution in [1.29, 1.82) is 0 Å². The number of nitrogens with one attached hydrogen (secondary N) is 2. The fourth-order valence-corrected chi connectivity index (χ4v) is 3.98. The van der Waals surface area contributed by atoms with E-state index in [9.17, 15) is 10.0 Å². The maximum atomic E-state index is 12.7. The van der Waals surface area contributed by atoms with E-state index in [1.54, 1.807) is 6.20 Å². The van der Waals surface area contributed by atoms with Gasteiger partial charge < -0.3 is 10.6 Å². The quantitative estimate of drug-likeness (QED) is 0.564. The molecule has 5 nitrogen and oxygen atoms in total. The minimum atomic E-state index is -0.583. The topological polar surface area (TPSA) is 64.6 Å². The van der Waals surface area contributed by atoms with E-state index in [2.05, 4.69) is 44.4 Å². The molecule has 2 aliphatic rings. The molecule has 0 radical (unpaired) electrons. The van der Waals surface area contributed by atoms with Gasteiger partial charge in [-0.25, -0.2) is 5.06 Å². The zero-order valence-electron chi connectivity index (χ0n) is 16.5. The van der Waals surface area contributed by atoms with Crippen molar-refractivity contribution in [3.63, 3.8) is 0 Å². The summed E-state index contributed by atoms with van der Waals surface area (Å²) < 4.78 is 0. The number of rotatable bonds is 4. The molecule has 0 bridgehead atoms. The molecule has 3 rings (SSSR count). The smallest absolute Gasteiger partial charge is 0.272 e. The molecule has 27 heavy (non-hydrogen) atoms. The van der Waals surface area contributed by atoms with Crippen LogP contribution in [0, 0.1) is 0 Å². The van der Waals surface area contributed by atoms with Gasteiger partial charge in [-0.05, 0) is 69.2 Å². The number of hydroxylamine groups is 2. The molecule has 3 N–H and O–H groups in total. The van der Waals surface area contributed by atoms with Gasteiger partial charge in [-0.3, -0.25) is 10.0 Å². The Hall–Kier alpha value is -2.37. The molecule has 5 heteroatoms. The third kappa shape index (κ3) is 4.87. The van der Waals surface area contributed by atoms with Crippen LogP contribution in [0.1, 0.15) is 39.7 Å². The van der Waals surface area contributed by atoms with Crippen LogP contribution in [0.15, 0.2) is 65.9 Å². The van der Waals surface area contributed by atoms with E-state index in [4.69, 9.17) is 0 Å². The van der Waals surface area contributed by atoms with Crippen molar-refractivity contribution >= 4 is 5.91 Å². The third-order valence-corrected chi connectivity index (χ3v) is 4.78. The molecule has 1 unspecified atom stereocenters. The molecule has 1 aromatic carbocycles. The lowest BCUT2D eigenvalue weighted by atomic mass is 9.80. The Morgan fingerprint density at radius 3 is 2.59 bits per heavy atom. The Morgan fingerprint density at radius 1 is 1.22 bits per heavy atom. The van der Waals surface area contributed by atoms with Crippen molar-refractivity contribution in [2.45, 2.75) is 57.8 Å². The van der Waals surface area contributed by atoms with Gasteiger partial charge in [-0.15, -0.1) is 0 Å². The summed E-state index contributed by atoms with van der Waals surface area (Å²) in [5.41, 5.74) is 2.98. The third-order valence-electron chi connectivity index (χ3n) is 4.78. The monoisotopic (exact) mass is 367 g/mol. The molecule has 0 saturated carbocycles. The van der Waals surface area contributed by atoms with Crippen LogP contribution < -0.4 is 10.6 Å². The summed E-state index contributed by atoms with van der Waals surface area (Å²) in [4.78, 5) is 12.7. The van der Waals surface area contributed by atoms with Gasteiger partial charge in [0.2, 0.25) is 0 Å². The largest absolute Gasteiger partial charge is 0.376 e. The fourth-order valence-electron chi connectivity index (χ4n) is 3.98. The normalized spacial score (nSPS) is 23.1. The SMILES string of the molecule is CC1(C)C=C(C2=CC(C(=O)N(O)Cc3ccccc3)NC=C2)CC(C)(C)N1. The van der Waals surface area contributed by atoms with Gasteiger partial charge in [0.25, 0.3) is 5.91 Å². The van der Waals surface area contributed by atoms with E-state index < -0.39 is 6.04 Å². The lowest BCUT2D eigenvalue weighted by Gasteiger charge is -2.42. The molecule has 0 aromatic heterocycles. The van der Waals surface area contributed by atoms with Gasteiger partial charge in [0.05, 0.1) is 6.54 Å². The standard InChI is InChI=1S/C22H29N3O2/c1-21(2)13-18(14-22(3,4)24-21)17-10-11-23-19(12-17)20(26)25(27)15-16-8-6-5-7-9-16/h5-13,19,23-24,27H,14-15H2,1-4H3.